The molecule has 0 saturated carbocycles. The van der Waals surface area contributed by atoms with Crippen LogP contribution in [0, 0.1) is 0 Å². The van der Waals surface area contributed by atoms with Gasteiger partial charge in [0.15, 0.2) is 12.0 Å². The third-order valence-electron chi connectivity index (χ3n) is 3.72. The van der Waals surface area contributed by atoms with Gasteiger partial charge in [0, 0.05) is 16.5 Å². The number of esters is 1. The van der Waals surface area contributed by atoms with Crippen LogP contribution in [0.2, 0.25) is 0 Å². The summed E-state index contributed by atoms with van der Waals surface area (Å²) < 4.78 is 22.8. The Bertz CT molecular complexity index is 746. The number of aromatic amines is 1. The molecular weight excluding hydrogens is 406 g/mol. The summed E-state index contributed by atoms with van der Waals surface area (Å²) in [7, 11) is 0. The standard InChI is InChI=1S/C17H20BrN3O5/c1-2-23-17(22)16-15(19-21-20-16)12-10-11(18)4-5-13(12)24-9-6-14-25-7-3-8-26-14/h4-5,10,14H,2-3,6-9H2,1H3,(H,19,20,21). The molecule has 1 aromatic carbocycles. The fraction of sp³-hybridized carbons (Fsp3) is 0.471. The lowest BCUT2D eigenvalue weighted by Gasteiger charge is -2.23. The third-order valence-corrected chi connectivity index (χ3v) is 4.21. The van der Waals surface area contributed by atoms with Crippen molar-refractivity contribution in [1.82, 2.24) is 15.4 Å². The Morgan fingerprint density at radius 3 is 2.92 bits per heavy atom. The van der Waals surface area contributed by atoms with Crippen molar-refractivity contribution in [3.8, 4) is 17.0 Å². The van der Waals surface area contributed by atoms with Gasteiger partial charge >= 0.3 is 5.97 Å². The van der Waals surface area contributed by atoms with E-state index in [1.807, 2.05) is 18.2 Å². The molecule has 1 aliphatic heterocycles. The van der Waals surface area contributed by atoms with E-state index in [4.69, 9.17) is 18.9 Å². The topological polar surface area (TPSA) is 95.6 Å². The number of aromatic nitrogens is 3. The van der Waals surface area contributed by atoms with E-state index in [-0.39, 0.29) is 18.6 Å². The number of hydrogen-bond donors (Lipinski definition) is 1. The lowest BCUT2D eigenvalue weighted by Crippen LogP contribution is -2.26. The van der Waals surface area contributed by atoms with Crippen LogP contribution in [-0.2, 0) is 14.2 Å². The van der Waals surface area contributed by atoms with Gasteiger partial charge in [-0.2, -0.15) is 10.3 Å². The number of ether oxygens (including phenoxy) is 4. The molecule has 2 aromatic rings. The van der Waals surface area contributed by atoms with Gasteiger partial charge in [0.05, 0.1) is 26.4 Å². The largest absolute Gasteiger partial charge is 0.493 e. The van der Waals surface area contributed by atoms with Crippen LogP contribution < -0.4 is 4.74 Å². The smallest absolute Gasteiger partial charge is 0.361 e. The fourth-order valence-corrected chi connectivity index (χ4v) is 2.90. The predicted molar refractivity (Wildman–Crippen MR) is 95.9 cm³/mol. The molecule has 0 spiro atoms. The average Bonchev–Trinajstić information content (AvgIpc) is 3.14. The van der Waals surface area contributed by atoms with E-state index in [2.05, 4.69) is 31.3 Å². The minimum atomic E-state index is -0.536. The Morgan fingerprint density at radius 1 is 1.35 bits per heavy atom. The molecule has 0 aliphatic carbocycles. The number of nitrogens with zero attached hydrogens (tertiary/aromatic N) is 2. The number of hydrogen-bond acceptors (Lipinski definition) is 7. The number of halogens is 1. The molecular formula is C17H20BrN3O5. The maximum atomic E-state index is 12.1. The Morgan fingerprint density at radius 2 is 2.15 bits per heavy atom. The van der Waals surface area contributed by atoms with Gasteiger partial charge in [-0.3, -0.25) is 0 Å². The minimum Gasteiger partial charge on any atom is -0.493 e. The molecule has 2 heterocycles. The molecule has 26 heavy (non-hydrogen) atoms. The van der Waals surface area contributed by atoms with Gasteiger partial charge in [0.1, 0.15) is 11.4 Å². The van der Waals surface area contributed by atoms with Gasteiger partial charge in [-0.25, -0.2) is 4.79 Å². The first-order valence-electron chi connectivity index (χ1n) is 8.43. The highest BCUT2D eigenvalue weighted by molar-refractivity contribution is 9.10. The molecule has 8 nitrogen and oxygen atoms in total. The summed E-state index contributed by atoms with van der Waals surface area (Å²) in [5.74, 6) is 0.0506. The summed E-state index contributed by atoms with van der Waals surface area (Å²) in [5, 5.41) is 10.5. The van der Waals surface area contributed by atoms with E-state index in [1.165, 1.54) is 0 Å². The van der Waals surface area contributed by atoms with Gasteiger partial charge in [-0.1, -0.05) is 15.9 Å². The van der Waals surface area contributed by atoms with Gasteiger partial charge in [0.2, 0.25) is 0 Å². The molecule has 1 aromatic heterocycles. The second-order valence-electron chi connectivity index (χ2n) is 5.54. The monoisotopic (exact) mass is 425 g/mol. The molecule has 1 saturated heterocycles. The van der Waals surface area contributed by atoms with Crippen molar-refractivity contribution < 1.29 is 23.7 Å². The molecule has 1 fully saturated rings. The highest BCUT2D eigenvalue weighted by Crippen LogP contribution is 2.33. The number of rotatable bonds is 7. The molecule has 140 valence electrons. The third kappa shape index (κ3) is 4.60. The van der Waals surface area contributed by atoms with Crippen LogP contribution in [0.4, 0.5) is 0 Å². The van der Waals surface area contributed by atoms with E-state index in [0.717, 1.165) is 10.9 Å². The Labute approximate surface area is 159 Å². The van der Waals surface area contributed by atoms with Crippen molar-refractivity contribution >= 4 is 21.9 Å². The summed E-state index contributed by atoms with van der Waals surface area (Å²) in [5.41, 5.74) is 1.14. The van der Waals surface area contributed by atoms with Crippen LogP contribution >= 0.6 is 15.9 Å². The van der Waals surface area contributed by atoms with E-state index >= 15 is 0 Å². The van der Waals surface area contributed by atoms with Gasteiger partial charge in [0.25, 0.3) is 0 Å². The van der Waals surface area contributed by atoms with E-state index < -0.39 is 5.97 Å². The summed E-state index contributed by atoms with van der Waals surface area (Å²) in [6.07, 6.45) is 1.28. The Balaban J connectivity index is 1.76. The maximum Gasteiger partial charge on any atom is 0.361 e. The van der Waals surface area contributed by atoms with Crippen LogP contribution in [0.1, 0.15) is 30.3 Å². The summed E-state index contributed by atoms with van der Waals surface area (Å²) >= 11 is 3.43. The van der Waals surface area contributed by atoms with Crippen LogP contribution in [-0.4, -0.2) is 54.1 Å². The number of H-pyrrole nitrogens is 1. The lowest BCUT2D eigenvalue weighted by atomic mass is 10.1. The van der Waals surface area contributed by atoms with Crippen molar-refractivity contribution in [3.63, 3.8) is 0 Å². The fourth-order valence-electron chi connectivity index (χ4n) is 2.54. The quantitative estimate of drug-likeness (QED) is 0.681. The second-order valence-corrected chi connectivity index (χ2v) is 6.46. The van der Waals surface area contributed by atoms with Crippen molar-refractivity contribution in [1.29, 1.82) is 0 Å². The van der Waals surface area contributed by atoms with Gasteiger partial charge in [-0.05, 0) is 31.5 Å². The Hall–Kier alpha value is -1.97. The van der Waals surface area contributed by atoms with Crippen LogP contribution in [0.25, 0.3) is 11.3 Å². The van der Waals surface area contributed by atoms with Gasteiger partial charge < -0.3 is 18.9 Å². The molecule has 1 aliphatic rings. The highest BCUT2D eigenvalue weighted by atomic mass is 79.9. The number of benzene rings is 1. The molecule has 0 unspecified atom stereocenters. The molecule has 3 rings (SSSR count). The first-order chi connectivity index (χ1) is 12.7. The summed E-state index contributed by atoms with van der Waals surface area (Å²) in [4.78, 5) is 12.1. The predicted octanol–water partition coefficient (Wildman–Crippen LogP) is 2.94. The van der Waals surface area contributed by atoms with Crippen LogP contribution in [0.3, 0.4) is 0 Å². The number of carbonyl (C=O) groups excluding carboxylic acids is 1. The summed E-state index contributed by atoms with van der Waals surface area (Å²) in [6, 6.07) is 5.49. The zero-order valence-corrected chi connectivity index (χ0v) is 16.0. The zero-order valence-electron chi connectivity index (χ0n) is 14.4. The van der Waals surface area contributed by atoms with Crippen LogP contribution in [0.5, 0.6) is 5.75 Å². The van der Waals surface area contributed by atoms with E-state index in [1.54, 1.807) is 6.92 Å². The first kappa shape index (κ1) is 18.8. The number of carbonyl (C=O) groups is 1. The van der Waals surface area contributed by atoms with E-state index in [9.17, 15) is 4.79 Å². The molecule has 0 bridgehead atoms. The maximum absolute atomic E-state index is 12.1. The molecule has 0 radical (unpaired) electrons. The van der Waals surface area contributed by atoms with E-state index in [0.29, 0.717) is 43.2 Å². The SMILES string of the molecule is CCOC(=O)c1n[nH]nc1-c1cc(Br)ccc1OCCC1OCCCO1. The van der Waals surface area contributed by atoms with Crippen molar-refractivity contribution in [2.24, 2.45) is 0 Å². The molecule has 0 atom stereocenters. The van der Waals surface area contributed by atoms with Crippen LogP contribution in [0.15, 0.2) is 22.7 Å². The average molecular weight is 426 g/mol. The van der Waals surface area contributed by atoms with Gasteiger partial charge in [-0.15, -0.1) is 5.10 Å². The Kier molecular flexibility index (Phi) is 6.59. The van der Waals surface area contributed by atoms with Crippen molar-refractivity contribution in [2.75, 3.05) is 26.4 Å². The zero-order chi connectivity index (χ0) is 18.4. The molecule has 0 amide bonds. The van der Waals surface area contributed by atoms with Crippen molar-refractivity contribution in [2.45, 2.75) is 26.1 Å². The normalized spacial score (nSPS) is 15.0. The highest BCUT2D eigenvalue weighted by Gasteiger charge is 2.22. The second kappa shape index (κ2) is 9.11. The minimum absolute atomic E-state index is 0.119. The molecule has 1 N–H and O–H groups in total. The first-order valence-corrected chi connectivity index (χ1v) is 9.22. The number of nitrogens with one attached hydrogen (secondary N) is 1. The summed E-state index contributed by atoms with van der Waals surface area (Å²) in [6.45, 7) is 3.81. The molecule has 9 heteroatoms. The van der Waals surface area contributed by atoms with Crippen molar-refractivity contribution in [3.05, 3.63) is 28.4 Å². The lowest BCUT2D eigenvalue weighted by molar-refractivity contribution is -0.183.